The molecule has 0 spiro atoms. The lowest BCUT2D eigenvalue weighted by Gasteiger charge is -2.17. The van der Waals surface area contributed by atoms with Gasteiger partial charge in [-0.05, 0) is 52.6 Å². The molecule has 0 atom stereocenters. The number of nitrogen functional groups attached to an aromatic ring is 1. The Hall–Kier alpha value is -3.13. The first-order chi connectivity index (χ1) is 12.1. The second kappa shape index (κ2) is 6.06. The first kappa shape index (κ1) is 15.4. The molecule has 0 aliphatic heterocycles. The van der Waals surface area contributed by atoms with Crippen LogP contribution >= 0.6 is 0 Å². The molecule has 0 heterocycles. The molecule has 0 amide bonds. The summed E-state index contributed by atoms with van der Waals surface area (Å²) in [5, 5.41) is 2.20. The Kier molecular flexibility index (Phi) is 3.73. The van der Waals surface area contributed by atoms with E-state index in [-0.39, 0.29) is 5.82 Å². The number of rotatable bonds is 2. The highest BCUT2D eigenvalue weighted by Crippen LogP contribution is 2.41. The van der Waals surface area contributed by atoms with E-state index in [1.807, 2.05) is 36.4 Å². The molecule has 0 aliphatic carbocycles. The quantitative estimate of drug-likeness (QED) is 0.436. The van der Waals surface area contributed by atoms with Crippen molar-refractivity contribution in [1.29, 1.82) is 0 Å². The Bertz CT molecular complexity index is 1080. The average molecular weight is 327 g/mol. The predicted octanol–water partition coefficient (Wildman–Crippen LogP) is 6.20. The molecule has 0 fully saturated rings. The van der Waals surface area contributed by atoms with Gasteiger partial charge in [0.25, 0.3) is 0 Å². The summed E-state index contributed by atoms with van der Waals surface area (Å²) in [6, 6.07) is 25.0. The maximum Gasteiger partial charge on any atom is 0.123 e. The Morgan fingerprint density at radius 1 is 0.760 bits per heavy atom. The minimum atomic E-state index is -0.262. The van der Waals surface area contributed by atoms with Gasteiger partial charge in [-0.2, -0.15) is 0 Å². The minimum absolute atomic E-state index is 0.262. The molecule has 0 aliphatic rings. The summed E-state index contributed by atoms with van der Waals surface area (Å²) < 4.78 is 13.7. The van der Waals surface area contributed by atoms with Gasteiger partial charge < -0.3 is 5.73 Å². The van der Waals surface area contributed by atoms with Crippen LogP contribution < -0.4 is 5.73 Å². The molecule has 0 saturated heterocycles. The first-order valence-electron chi connectivity index (χ1n) is 8.28. The fourth-order valence-electron chi connectivity index (χ4n) is 3.40. The van der Waals surface area contributed by atoms with Crippen molar-refractivity contribution in [2.75, 3.05) is 5.73 Å². The van der Waals surface area contributed by atoms with E-state index in [2.05, 4.69) is 31.2 Å². The molecule has 2 N–H and O–H groups in total. The van der Waals surface area contributed by atoms with Gasteiger partial charge in [0, 0.05) is 16.8 Å². The van der Waals surface area contributed by atoms with Crippen LogP contribution in [0, 0.1) is 12.7 Å². The van der Waals surface area contributed by atoms with E-state index in [1.165, 1.54) is 12.1 Å². The van der Waals surface area contributed by atoms with E-state index >= 15 is 0 Å². The Balaban J connectivity index is 2.11. The largest absolute Gasteiger partial charge is 0.398 e. The molecule has 0 saturated carbocycles. The molecule has 4 aromatic rings. The van der Waals surface area contributed by atoms with Crippen molar-refractivity contribution in [1.82, 2.24) is 0 Å². The summed E-state index contributed by atoms with van der Waals surface area (Å²) in [5.41, 5.74) is 12.2. The van der Waals surface area contributed by atoms with E-state index in [4.69, 9.17) is 5.73 Å². The van der Waals surface area contributed by atoms with Gasteiger partial charge in [-0.3, -0.25) is 0 Å². The normalized spacial score (nSPS) is 11.0. The topological polar surface area (TPSA) is 26.0 Å². The predicted molar refractivity (Wildman–Crippen MR) is 104 cm³/mol. The van der Waals surface area contributed by atoms with E-state index in [0.29, 0.717) is 5.69 Å². The summed E-state index contributed by atoms with van der Waals surface area (Å²) in [4.78, 5) is 0. The van der Waals surface area contributed by atoms with Crippen LogP contribution in [-0.2, 0) is 0 Å². The lowest BCUT2D eigenvalue weighted by Crippen LogP contribution is -1.97. The number of nitrogens with two attached hydrogens (primary N) is 1. The van der Waals surface area contributed by atoms with Gasteiger partial charge in [-0.25, -0.2) is 4.39 Å². The first-order valence-corrected chi connectivity index (χ1v) is 8.28. The number of aryl methyl sites for hydroxylation is 1. The lowest BCUT2D eigenvalue weighted by atomic mass is 9.89. The second-order valence-corrected chi connectivity index (χ2v) is 6.26. The van der Waals surface area contributed by atoms with Gasteiger partial charge in [-0.1, -0.05) is 60.7 Å². The summed E-state index contributed by atoms with van der Waals surface area (Å²) in [6.45, 7) is 2.08. The molecule has 122 valence electrons. The van der Waals surface area contributed by atoms with Gasteiger partial charge >= 0.3 is 0 Å². The van der Waals surface area contributed by atoms with E-state index in [9.17, 15) is 4.39 Å². The van der Waals surface area contributed by atoms with Gasteiger partial charge in [0.15, 0.2) is 0 Å². The number of anilines is 1. The molecule has 1 nitrogen and oxygen atoms in total. The fraction of sp³-hybridized carbons (Fsp3) is 0.0435. The summed E-state index contributed by atoms with van der Waals surface area (Å²) >= 11 is 0. The van der Waals surface area contributed by atoms with Crippen LogP contribution in [0.5, 0.6) is 0 Å². The summed E-state index contributed by atoms with van der Waals surface area (Å²) in [7, 11) is 0. The van der Waals surface area contributed by atoms with Crippen LogP contribution in [0.25, 0.3) is 33.0 Å². The van der Waals surface area contributed by atoms with Crippen molar-refractivity contribution in [3.8, 4) is 22.3 Å². The number of benzene rings is 4. The Morgan fingerprint density at radius 3 is 2.32 bits per heavy atom. The maximum atomic E-state index is 13.7. The minimum Gasteiger partial charge on any atom is -0.398 e. The second-order valence-electron chi connectivity index (χ2n) is 6.26. The highest BCUT2D eigenvalue weighted by Gasteiger charge is 2.15. The molecule has 0 unspecified atom stereocenters. The Labute approximate surface area is 146 Å². The molecule has 0 aromatic heterocycles. The average Bonchev–Trinajstić information content (AvgIpc) is 2.62. The monoisotopic (exact) mass is 327 g/mol. The number of hydrogen-bond acceptors (Lipinski definition) is 1. The number of fused-ring (bicyclic) bond motifs is 1. The van der Waals surface area contributed by atoms with E-state index in [0.717, 1.165) is 38.6 Å². The van der Waals surface area contributed by atoms with Crippen LogP contribution in [0.4, 0.5) is 10.1 Å². The Morgan fingerprint density at radius 2 is 1.52 bits per heavy atom. The highest BCUT2D eigenvalue weighted by molar-refractivity contribution is 6.08. The molecule has 0 radical (unpaired) electrons. The van der Waals surface area contributed by atoms with Crippen molar-refractivity contribution in [3.05, 3.63) is 90.2 Å². The van der Waals surface area contributed by atoms with Crippen LogP contribution in [0.2, 0.25) is 0 Å². The fourth-order valence-corrected chi connectivity index (χ4v) is 3.40. The SMILES string of the molecule is Cc1ccccc1-c1c(N)c(-c2cccc(F)c2)cc2ccccc12. The van der Waals surface area contributed by atoms with Gasteiger partial charge in [-0.15, -0.1) is 0 Å². The number of halogens is 1. The molecular formula is C23H18FN. The zero-order chi connectivity index (χ0) is 17.4. The van der Waals surface area contributed by atoms with E-state index < -0.39 is 0 Å². The van der Waals surface area contributed by atoms with Crippen molar-refractivity contribution < 1.29 is 4.39 Å². The summed E-state index contributed by atoms with van der Waals surface area (Å²) in [5.74, 6) is -0.262. The molecule has 2 heteroatoms. The van der Waals surface area contributed by atoms with Crippen LogP contribution in [0.15, 0.2) is 78.9 Å². The number of hydrogen-bond donors (Lipinski definition) is 1. The standard InChI is InChI=1S/C23H18FN/c1-15-7-2-4-11-19(15)22-20-12-5-3-8-17(20)14-21(23(22)25)16-9-6-10-18(24)13-16/h2-14H,25H2,1H3. The molecule has 25 heavy (non-hydrogen) atoms. The molecule has 4 aromatic carbocycles. The van der Waals surface area contributed by atoms with Gasteiger partial charge in [0.05, 0.1) is 0 Å². The highest BCUT2D eigenvalue weighted by atomic mass is 19.1. The van der Waals surface area contributed by atoms with Crippen molar-refractivity contribution in [2.45, 2.75) is 6.92 Å². The van der Waals surface area contributed by atoms with Gasteiger partial charge in [0.2, 0.25) is 0 Å². The van der Waals surface area contributed by atoms with Crippen molar-refractivity contribution in [2.24, 2.45) is 0 Å². The van der Waals surface area contributed by atoms with E-state index in [1.54, 1.807) is 6.07 Å². The van der Waals surface area contributed by atoms with Crippen LogP contribution in [-0.4, -0.2) is 0 Å². The molecule has 4 rings (SSSR count). The zero-order valence-electron chi connectivity index (χ0n) is 14.0. The third-order valence-corrected chi connectivity index (χ3v) is 4.64. The molecule has 0 bridgehead atoms. The van der Waals surface area contributed by atoms with Crippen molar-refractivity contribution in [3.63, 3.8) is 0 Å². The third kappa shape index (κ3) is 2.66. The third-order valence-electron chi connectivity index (χ3n) is 4.64. The lowest BCUT2D eigenvalue weighted by molar-refractivity contribution is 0.628. The van der Waals surface area contributed by atoms with Gasteiger partial charge in [0.1, 0.15) is 5.82 Å². The smallest absolute Gasteiger partial charge is 0.123 e. The maximum absolute atomic E-state index is 13.7. The molecular weight excluding hydrogens is 309 g/mol. The van der Waals surface area contributed by atoms with Crippen molar-refractivity contribution >= 4 is 16.5 Å². The zero-order valence-corrected chi connectivity index (χ0v) is 14.0. The summed E-state index contributed by atoms with van der Waals surface area (Å²) in [6.07, 6.45) is 0. The van der Waals surface area contributed by atoms with Crippen LogP contribution in [0.3, 0.4) is 0 Å². The van der Waals surface area contributed by atoms with Crippen LogP contribution in [0.1, 0.15) is 5.56 Å².